The first-order valence-electron chi connectivity index (χ1n) is 8.55. The number of nitrogens with zero attached hydrogens (tertiary/aromatic N) is 3. The molecule has 1 atom stereocenters. The number of hydrogen-bond donors (Lipinski definition) is 0. The third-order valence-corrected chi connectivity index (χ3v) is 5.21. The van der Waals surface area contributed by atoms with Crippen molar-refractivity contribution in [2.24, 2.45) is 10.2 Å². The molecule has 0 saturated carbocycles. The predicted molar refractivity (Wildman–Crippen MR) is 109 cm³/mol. The fourth-order valence-corrected chi connectivity index (χ4v) is 3.94. The molecule has 6 heteroatoms. The van der Waals surface area contributed by atoms with Gasteiger partial charge in [-0.2, -0.15) is 5.10 Å². The van der Waals surface area contributed by atoms with E-state index in [2.05, 4.69) is 10.2 Å². The van der Waals surface area contributed by atoms with Gasteiger partial charge in [-0.1, -0.05) is 60.3 Å². The van der Waals surface area contributed by atoms with Crippen molar-refractivity contribution in [1.82, 2.24) is 0 Å². The van der Waals surface area contributed by atoms with Gasteiger partial charge in [0.25, 0.3) is 0 Å². The summed E-state index contributed by atoms with van der Waals surface area (Å²) in [6.45, 7) is 0. The number of thioether (sulfide) groups is 1. The molecule has 0 unspecified atom stereocenters. The van der Waals surface area contributed by atoms with Gasteiger partial charge in [-0.05, 0) is 36.2 Å². The number of hydrogen-bond acceptors (Lipinski definition) is 5. The van der Waals surface area contributed by atoms with Gasteiger partial charge >= 0.3 is 0 Å². The molecule has 1 fully saturated rings. The molecule has 0 spiro atoms. The third-order valence-electron chi connectivity index (χ3n) is 4.08. The topological polar surface area (TPSA) is 58.2 Å². The van der Waals surface area contributed by atoms with Gasteiger partial charge in [0.2, 0.25) is 5.91 Å². The van der Waals surface area contributed by atoms with E-state index in [4.69, 9.17) is 4.42 Å². The molecule has 27 heavy (non-hydrogen) atoms. The van der Waals surface area contributed by atoms with Gasteiger partial charge in [-0.25, -0.2) is 0 Å². The summed E-state index contributed by atoms with van der Waals surface area (Å²) in [5.74, 6) is 0.628. The maximum Gasteiger partial charge on any atom is 0.247 e. The Morgan fingerprint density at radius 1 is 1.00 bits per heavy atom. The number of anilines is 1. The quantitative estimate of drug-likeness (QED) is 0.492. The Balaban J connectivity index is 1.61. The van der Waals surface area contributed by atoms with Crippen LogP contribution in [0.1, 0.15) is 11.3 Å². The van der Waals surface area contributed by atoms with E-state index < -0.39 is 0 Å². The Hall–Kier alpha value is -3.12. The summed E-state index contributed by atoms with van der Waals surface area (Å²) in [4.78, 5) is 14.7. The van der Waals surface area contributed by atoms with Gasteiger partial charge in [0, 0.05) is 0 Å². The molecule has 1 saturated heterocycles. The van der Waals surface area contributed by atoms with Crippen LogP contribution in [0.3, 0.4) is 0 Å². The van der Waals surface area contributed by atoms with Crippen molar-refractivity contribution in [2.75, 3.05) is 4.90 Å². The van der Waals surface area contributed by atoms with Gasteiger partial charge in [-0.3, -0.25) is 9.69 Å². The first-order valence-corrected chi connectivity index (χ1v) is 9.43. The lowest BCUT2D eigenvalue weighted by molar-refractivity contribution is -0.116. The highest BCUT2D eigenvalue weighted by molar-refractivity contribution is 8.16. The van der Waals surface area contributed by atoms with Gasteiger partial charge in [0.05, 0.1) is 23.4 Å². The smallest absolute Gasteiger partial charge is 0.247 e. The fraction of sp³-hybridized carbons (Fsp3) is 0.0952. The number of benzene rings is 2. The maximum absolute atomic E-state index is 13.1. The summed E-state index contributed by atoms with van der Waals surface area (Å²) in [5.41, 5.74) is 1.91. The van der Waals surface area contributed by atoms with Gasteiger partial charge in [0.15, 0.2) is 5.17 Å². The number of amides is 1. The summed E-state index contributed by atoms with van der Waals surface area (Å²) >= 11 is 1.44. The predicted octanol–water partition coefficient (Wildman–Crippen LogP) is 4.36. The van der Waals surface area contributed by atoms with Crippen LogP contribution < -0.4 is 4.90 Å². The zero-order valence-corrected chi connectivity index (χ0v) is 15.3. The molecule has 4 rings (SSSR count). The minimum Gasteiger partial charge on any atom is -0.463 e. The minimum absolute atomic E-state index is 0.0157. The summed E-state index contributed by atoms with van der Waals surface area (Å²) in [6.07, 6.45) is 3.76. The van der Waals surface area contributed by atoms with Crippen LogP contribution in [0.2, 0.25) is 0 Å². The molecule has 0 aliphatic carbocycles. The molecule has 1 aliphatic heterocycles. The second kappa shape index (κ2) is 8.05. The van der Waals surface area contributed by atoms with Crippen molar-refractivity contribution >= 4 is 34.7 Å². The molecule has 3 aromatic rings. The van der Waals surface area contributed by atoms with Gasteiger partial charge in [-0.15, -0.1) is 5.10 Å². The molecule has 2 aromatic carbocycles. The van der Waals surface area contributed by atoms with Crippen molar-refractivity contribution in [1.29, 1.82) is 0 Å². The van der Waals surface area contributed by atoms with Crippen molar-refractivity contribution in [2.45, 2.75) is 11.7 Å². The highest BCUT2D eigenvalue weighted by Crippen LogP contribution is 2.33. The molecular weight excluding hydrogens is 358 g/mol. The Labute approximate surface area is 161 Å². The lowest BCUT2D eigenvalue weighted by Gasteiger charge is -2.15. The van der Waals surface area contributed by atoms with E-state index in [0.29, 0.717) is 17.3 Å². The van der Waals surface area contributed by atoms with Crippen LogP contribution in [-0.4, -0.2) is 22.5 Å². The molecule has 2 heterocycles. The molecule has 134 valence electrons. The molecule has 1 aromatic heterocycles. The SMILES string of the molecule is O=C1[C@@H](Cc2ccccc2)S/C(=N\N=C/c2ccco2)N1c1ccccc1. The number of furan rings is 1. The number of carbonyl (C=O) groups is 1. The van der Waals surface area contributed by atoms with Crippen molar-refractivity contribution < 1.29 is 9.21 Å². The van der Waals surface area contributed by atoms with Crippen LogP contribution in [0.4, 0.5) is 5.69 Å². The lowest BCUT2D eigenvalue weighted by Crippen LogP contribution is -2.32. The number of carbonyl (C=O) groups excluding carboxylic acids is 1. The first-order chi connectivity index (χ1) is 13.3. The van der Waals surface area contributed by atoms with E-state index >= 15 is 0 Å². The highest BCUT2D eigenvalue weighted by Gasteiger charge is 2.39. The molecule has 0 radical (unpaired) electrons. The summed E-state index contributed by atoms with van der Waals surface area (Å²) in [5, 5.41) is 8.73. The van der Waals surface area contributed by atoms with Crippen molar-refractivity contribution in [3.8, 4) is 0 Å². The number of rotatable bonds is 5. The van der Waals surface area contributed by atoms with Crippen LogP contribution in [0.5, 0.6) is 0 Å². The molecule has 1 amide bonds. The number of amidine groups is 1. The van der Waals surface area contributed by atoms with Gasteiger partial charge < -0.3 is 4.42 Å². The van der Waals surface area contributed by atoms with Crippen LogP contribution in [0, 0.1) is 0 Å². The largest absolute Gasteiger partial charge is 0.463 e. The Morgan fingerprint density at radius 3 is 2.44 bits per heavy atom. The third kappa shape index (κ3) is 4.01. The first kappa shape index (κ1) is 17.3. The van der Waals surface area contributed by atoms with E-state index in [9.17, 15) is 4.79 Å². The van der Waals surface area contributed by atoms with Crippen LogP contribution in [-0.2, 0) is 11.2 Å². The van der Waals surface area contributed by atoms with Crippen molar-refractivity contribution in [3.63, 3.8) is 0 Å². The molecular formula is C21H17N3O2S. The average Bonchev–Trinajstić information content (AvgIpc) is 3.32. The maximum atomic E-state index is 13.1. The lowest BCUT2D eigenvalue weighted by atomic mass is 10.1. The van der Waals surface area contributed by atoms with Gasteiger partial charge in [0.1, 0.15) is 5.76 Å². The molecule has 5 nitrogen and oxygen atoms in total. The number of para-hydroxylation sites is 1. The van der Waals surface area contributed by atoms with E-state index in [1.807, 2.05) is 60.7 Å². The zero-order chi connectivity index (χ0) is 18.5. The van der Waals surface area contributed by atoms with Crippen molar-refractivity contribution in [3.05, 3.63) is 90.4 Å². The highest BCUT2D eigenvalue weighted by atomic mass is 32.2. The average molecular weight is 375 g/mol. The molecule has 0 bridgehead atoms. The minimum atomic E-state index is -0.231. The standard InChI is InChI=1S/C21H17N3O2S/c25-20-19(14-16-8-3-1-4-9-16)27-21(23-22-15-18-12-7-13-26-18)24(20)17-10-5-2-6-11-17/h1-13,15,19H,14H2/b22-15-,23-21-/t19-/m1/s1. The van der Waals surface area contributed by atoms with E-state index in [1.165, 1.54) is 18.0 Å². The summed E-state index contributed by atoms with van der Waals surface area (Å²) in [6, 6.07) is 23.1. The zero-order valence-electron chi connectivity index (χ0n) is 14.4. The second-order valence-electron chi connectivity index (χ2n) is 5.95. The van der Waals surface area contributed by atoms with Crippen LogP contribution in [0.25, 0.3) is 0 Å². The van der Waals surface area contributed by atoms with E-state index in [0.717, 1.165) is 11.3 Å². The van der Waals surface area contributed by atoms with Crippen LogP contribution >= 0.6 is 11.8 Å². The Kier molecular flexibility index (Phi) is 5.16. The summed E-state index contributed by atoms with van der Waals surface area (Å²) in [7, 11) is 0. The Morgan fingerprint density at radius 2 is 1.74 bits per heavy atom. The Bertz CT molecular complexity index is 954. The van der Waals surface area contributed by atoms with Crippen LogP contribution in [0.15, 0.2) is 93.7 Å². The second-order valence-corrected chi connectivity index (χ2v) is 7.12. The monoisotopic (exact) mass is 375 g/mol. The fourth-order valence-electron chi connectivity index (χ4n) is 2.81. The normalized spacial score (nSPS) is 18.7. The summed E-state index contributed by atoms with van der Waals surface area (Å²) < 4.78 is 5.23. The van der Waals surface area contributed by atoms with E-state index in [1.54, 1.807) is 23.3 Å². The van der Waals surface area contributed by atoms with E-state index in [-0.39, 0.29) is 11.2 Å². The molecule has 0 N–H and O–H groups in total. The molecule has 1 aliphatic rings.